The molecule has 6 aliphatic carbocycles. The van der Waals surface area contributed by atoms with E-state index in [2.05, 4.69) is 18.4 Å². The van der Waals surface area contributed by atoms with E-state index in [9.17, 15) is 15.3 Å². The largest absolute Gasteiger partial charge is 0.393 e. The maximum Gasteiger partial charge on any atom is 0.0679 e. The molecule has 0 amide bonds. The zero-order chi connectivity index (χ0) is 16.4. The van der Waals surface area contributed by atoms with Crippen LogP contribution < -0.4 is 0 Å². The molecule has 6 unspecified atom stereocenters. The van der Waals surface area contributed by atoms with Gasteiger partial charge in [0.2, 0.25) is 0 Å². The number of nitrogens with zero attached hydrogens (tertiary/aromatic N) is 1. The molecule has 6 saturated carbocycles. The molecule has 13 atom stereocenters. The van der Waals surface area contributed by atoms with Crippen LogP contribution in [0.25, 0.3) is 0 Å². The molecule has 9 bridgehead atoms. The summed E-state index contributed by atoms with van der Waals surface area (Å²) in [5.74, 6) is 1.02. The van der Waals surface area contributed by atoms with Gasteiger partial charge in [-0.25, -0.2) is 0 Å². The Balaban J connectivity index is 1.54. The zero-order valence-corrected chi connectivity index (χ0v) is 14.2. The molecule has 3 aliphatic heterocycles. The van der Waals surface area contributed by atoms with Crippen LogP contribution in [0.15, 0.2) is 12.2 Å². The zero-order valence-electron chi connectivity index (χ0n) is 14.2. The number of aliphatic hydroxyl groups excluding tert-OH is 3. The Bertz CT molecular complexity index is 709. The monoisotopic (exact) mass is 329 g/mol. The molecule has 4 nitrogen and oxygen atoms in total. The van der Waals surface area contributed by atoms with E-state index >= 15 is 0 Å². The molecule has 9 aliphatic rings. The van der Waals surface area contributed by atoms with Gasteiger partial charge in [0.25, 0.3) is 0 Å². The van der Waals surface area contributed by atoms with E-state index in [4.69, 9.17) is 0 Å². The van der Waals surface area contributed by atoms with Crippen molar-refractivity contribution in [3.8, 4) is 0 Å². The summed E-state index contributed by atoms with van der Waals surface area (Å²) >= 11 is 0. The van der Waals surface area contributed by atoms with Gasteiger partial charge in [-0.05, 0) is 53.8 Å². The first-order valence-corrected chi connectivity index (χ1v) is 9.83. The average Bonchev–Trinajstić information content (AvgIpc) is 2.88. The lowest BCUT2D eigenvalue weighted by molar-refractivity contribution is -0.213. The third-order valence-electron chi connectivity index (χ3n) is 10.1. The third-order valence-corrected chi connectivity index (χ3v) is 10.1. The normalized spacial score (nSPS) is 76.1. The van der Waals surface area contributed by atoms with Crippen molar-refractivity contribution in [3.63, 3.8) is 0 Å². The number of hydrogen-bond acceptors (Lipinski definition) is 4. The van der Waals surface area contributed by atoms with Crippen molar-refractivity contribution in [1.82, 2.24) is 4.90 Å². The number of rotatable bonds is 0. The second-order valence-electron chi connectivity index (χ2n) is 10.8. The van der Waals surface area contributed by atoms with E-state index in [0.717, 1.165) is 37.8 Å². The summed E-state index contributed by atoms with van der Waals surface area (Å²) < 4.78 is 0. The maximum absolute atomic E-state index is 11.3. The summed E-state index contributed by atoms with van der Waals surface area (Å²) in [6.45, 7) is 7.72. The molecule has 9 rings (SSSR count). The first-order chi connectivity index (χ1) is 11.4. The molecule has 0 aromatic heterocycles. The summed E-state index contributed by atoms with van der Waals surface area (Å²) in [7, 11) is 0. The van der Waals surface area contributed by atoms with E-state index < -0.39 is 12.2 Å². The predicted molar refractivity (Wildman–Crippen MR) is 86.8 cm³/mol. The Morgan fingerprint density at radius 3 is 2.67 bits per heavy atom. The van der Waals surface area contributed by atoms with E-state index in [1.807, 2.05) is 0 Å². The molecule has 24 heavy (non-hydrogen) atoms. The molecule has 9 fully saturated rings. The molecule has 0 aromatic carbocycles. The Morgan fingerprint density at radius 1 is 1.08 bits per heavy atom. The molecule has 3 saturated heterocycles. The van der Waals surface area contributed by atoms with Crippen molar-refractivity contribution in [2.24, 2.45) is 39.9 Å². The van der Waals surface area contributed by atoms with Gasteiger partial charge in [0.05, 0.1) is 18.3 Å². The topological polar surface area (TPSA) is 63.9 Å². The van der Waals surface area contributed by atoms with Crippen LogP contribution in [0.5, 0.6) is 0 Å². The molecular weight excluding hydrogens is 302 g/mol. The lowest BCUT2D eigenvalue weighted by Crippen LogP contribution is -2.67. The van der Waals surface area contributed by atoms with Gasteiger partial charge in [-0.3, -0.25) is 4.90 Å². The van der Waals surface area contributed by atoms with Gasteiger partial charge in [-0.15, -0.1) is 0 Å². The van der Waals surface area contributed by atoms with Gasteiger partial charge in [-0.2, -0.15) is 0 Å². The standard InChI is InChI=1S/C20H27NO3/c1-8-3-19-6-10-15-18(2)4-9(22)5-20(15)16(19)14(24)11(8)13(23)12(19)17(20)21(10)7-18/h9-17,22-24H,1,3-7H2,2H3/t9?,10-,11-,12+,13?,14?,15+,16+,17?,18-,19?,20-/m0/s1. The third kappa shape index (κ3) is 0.980. The van der Waals surface area contributed by atoms with Crippen LogP contribution in [-0.4, -0.2) is 57.2 Å². The summed E-state index contributed by atoms with van der Waals surface area (Å²) in [6.07, 6.45) is 2.76. The highest BCUT2D eigenvalue weighted by molar-refractivity contribution is 5.43. The average molecular weight is 329 g/mol. The molecule has 2 spiro atoms. The van der Waals surface area contributed by atoms with Crippen LogP contribution in [0.1, 0.15) is 32.6 Å². The number of aliphatic hydroxyl groups is 3. The minimum atomic E-state index is -0.460. The fourth-order valence-corrected chi connectivity index (χ4v) is 10.7. The van der Waals surface area contributed by atoms with Crippen molar-refractivity contribution in [2.45, 2.75) is 63.0 Å². The molecule has 130 valence electrons. The van der Waals surface area contributed by atoms with Gasteiger partial charge < -0.3 is 15.3 Å². The molecule has 4 heteroatoms. The van der Waals surface area contributed by atoms with E-state index in [1.54, 1.807) is 0 Å². The van der Waals surface area contributed by atoms with E-state index in [0.29, 0.717) is 18.0 Å². The highest BCUT2D eigenvalue weighted by Gasteiger charge is 2.90. The fraction of sp³-hybridized carbons (Fsp3) is 0.900. The minimum absolute atomic E-state index is 0.0358. The van der Waals surface area contributed by atoms with Gasteiger partial charge in [0.1, 0.15) is 0 Å². The molecule has 0 radical (unpaired) electrons. The van der Waals surface area contributed by atoms with Crippen molar-refractivity contribution in [3.05, 3.63) is 12.2 Å². The second-order valence-corrected chi connectivity index (χ2v) is 10.8. The Morgan fingerprint density at radius 2 is 1.88 bits per heavy atom. The van der Waals surface area contributed by atoms with Crippen molar-refractivity contribution in [1.29, 1.82) is 0 Å². The van der Waals surface area contributed by atoms with Crippen LogP contribution >= 0.6 is 0 Å². The van der Waals surface area contributed by atoms with E-state index in [1.165, 1.54) is 0 Å². The van der Waals surface area contributed by atoms with Crippen LogP contribution in [0.4, 0.5) is 0 Å². The Hall–Kier alpha value is -0.420. The van der Waals surface area contributed by atoms with Gasteiger partial charge in [0, 0.05) is 30.5 Å². The summed E-state index contributed by atoms with van der Waals surface area (Å²) in [6, 6.07) is 0.999. The quantitative estimate of drug-likeness (QED) is 0.574. The van der Waals surface area contributed by atoms with Crippen molar-refractivity contribution in [2.75, 3.05) is 6.54 Å². The summed E-state index contributed by atoms with van der Waals surface area (Å²) in [5, 5.41) is 33.3. The lowest BCUT2D eigenvalue weighted by Gasteiger charge is -2.65. The van der Waals surface area contributed by atoms with Crippen LogP contribution in [0.3, 0.4) is 0 Å². The predicted octanol–water partition coefficient (Wildman–Crippen LogP) is 0.764. The summed E-state index contributed by atoms with van der Waals surface area (Å²) in [4.78, 5) is 2.73. The van der Waals surface area contributed by atoms with Crippen LogP contribution in [0, 0.1) is 39.9 Å². The minimum Gasteiger partial charge on any atom is -0.393 e. The smallest absolute Gasteiger partial charge is 0.0679 e. The molecule has 3 N–H and O–H groups in total. The van der Waals surface area contributed by atoms with Gasteiger partial charge >= 0.3 is 0 Å². The highest BCUT2D eigenvalue weighted by Crippen LogP contribution is 2.86. The van der Waals surface area contributed by atoms with Crippen molar-refractivity contribution >= 4 is 0 Å². The van der Waals surface area contributed by atoms with Crippen LogP contribution in [0.2, 0.25) is 0 Å². The Kier molecular flexibility index (Phi) is 1.95. The first kappa shape index (κ1) is 13.7. The number of piperidine rings is 2. The highest BCUT2D eigenvalue weighted by atomic mass is 16.3. The fourth-order valence-electron chi connectivity index (χ4n) is 10.7. The molecule has 3 heterocycles. The molecule has 0 aromatic rings. The van der Waals surface area contributed by atoms with Crippen LogP contribution in [-0.2, 0) is 0 Å². The molecular formula is C20H27NO3. The Labute approximate surface area is 142 Å². The van der Waals surface area contributed by atoms with Gasteiger partial charge in [-0.1, -0.05) is 19.1 Å². The number of fused-ring (bicyclic) bond motifs is 1. The SMILES string of the molecule is C=C1CC23C[C@H]4[C@@H]5[C@@]6(C)CC(O)C[C@]57C([C@H]2C(O)[C@H]1C(O)[C@H]37)N4C6. The lowest BCUT2D eigenvalue weighted by atomic mass is 9.39. The van der Waals surface area contributed by atoms with Crippen molar-refractivity contribution < 1.29 is 15.3 Å². The first-order valence-electron chi connectivity index (χ1n) is 9.83. The summed E-state index contributed by atoms with van der Waals surface area (Å²) in [5.41, 5.74) is 1.37. The second kappa shape index (κ2) is 3.40. The van der Waals surface area contributed by atoms with E-state index in [-0.39, 0.29) is 40.1 Å². The maximum atomic E-state index is 11.3. The van der Waals surface area contributed by atoms with Gasteiger partial charge in [0.15, 0.2) is 0 Å². The number of hydrogen-bond donors (Lipinski definition) is 3.